The topological polar surface area (TPSA) is 92.4 Å². The largest absolute Gasteiger partial charge is 0.455 e. The minimum absolute atomic E-state index is 0.0956. The molecule has 1 aliphatic heterocycles. The van der Waals surface area contributed by atoms with Crippen LogP contribution < -0.4 is 10.5 Å². The Kier molecular flexibility index (Phi) is 6.25. The molecule has 0 spiro atoms. The molecule has 0 saturated carbocycles. The lowest BCUT2D eigenvalue weighted by atomic mass is 9.97. The van der Waals surface area contributed by atoms with Crippen molar-refractivity contribution in [2.24, 2.45) is 0 Å². The maximum atomic E-state index is 12.7. The number of hydrogen-bond donors (Lipinski definition) is 1. The molecular formula is C24H25N3O4S2. The maximum Gasteiger partial charge on any atom is 0.319 e. The number of aryl methyl sites for hydroxylation is 2. The Bertz CT molecular complexity index is 1280. The molecule has 7 nitrogen and oxygen atoms in total. The summed E-state index contributed by atoms with van der Waals surface area (Å²) in [5.74, 6) is 0.275. The number of hydrogen-bond acceptors (Lipinski definition) is 7. The van der Waals surface area contributed by atoms with Crippen LogP contribution >= 0.6 is 23.1 Å². The van der Waals surface area contributed by atoms with Gasteiger partial charge in [0.15, 0.2) is 6.61 Å². The Labute approximate surface area is 199 Å². The molecule has 2 aromatic heterocycles. The van der Waals surface area contributed by atoms with Crippen molar-refractivity contribution in [1.29, 1.82) is 0 Å². The van der Waals surface area contributed by atoms with E-state index in [0.717, 1.165) is 59.1 Å². The van der Waals surface area contributed by atoms with Crippen molar-refractivity contribution in [1.82, 2.24) is 9.97 Å². The number of aromatic amines is 1. The van der Waals surface area contributed by atoms with E-state index in [2.05, 4.69) is 9.97 Å². The number of anilines is 1. The number of aromatic nitrogens is 2. The lowest BCUT2D eigenvalue weighted by Crippen LogP contribution is -2.34. The van der Waals surface area contributed by atoms with Crippen LogP contribution in [0.5, 0.6) is 0 Å². The number of amides is 1. The van der Waals surface area contributed by atoms with Crippen molar-refractivity contribution in [2.75, 3.05) is 18.1 Å². The summed E-state index contributed by atoms with van der Waals surface area (Å²) in [7, 11) is 0. The number of ether oxygens (including phenoxy) is 1. The van der Waals surface area contributed by atoms with Crippen LogP contribution in [-0.2, 0) is 39.3 Å². The number of H-pyrrole nitrogens is 1. The highest BCUT2D eigenvalue weighted by Gasteiger charge is 2.26. The SMILES string of the molecule is C[C@H](SCc1nc2sc3c(c2c(=O)[nH]1)CCCC3)C(=O)OCC(=O)N1CCc2ccccc21. The van der Waals surface area contributed by atoms with Crippen molar-refractivity contribution >= 4 is 50.9 Å². The van der Waals surface area contributed by atoms with E-state index in [1.807, 2.05) is 24.3 Å². The first kappa shape index (κ1) is 22.2. The molecule has 9 heteroatoms. The van der Waals surface area contributed by atoms with Gasteiger partial charge in [-0.3, -0.25) is 14.4 Å². The number of nitrogens with zero attached hydrogens (tertiary/aromatic N) is 2. The Morgan fingerprint density at radius 1 is 1.24 bits per heavy atom. The number of nitrogens with one attached hydrogen (secondary N) is 1. The van der Waals surface area contributed by atoms with Gasteiger partial charge in [-0.05, 0) is 56.2 Å². The standard InChI is InChI=1S/C24H25N3O4S2/c1-14(24(30)31-12-20(28)27-11-10-15-6-2-4-8-17(15)27)32-13-19-25-22(29)21-16-7-3-5-9-18(16)33-23(21)26-19/h2,4,6,8,14H,3,5,7,9-13H2,1H3,(H,25,26,29)/t14-/m0/s1. The molecule has 1 N–H and O–H groups in total. The zero-order chi connectivity index (χ0) is 22.9. The molecule has 3 aromatic rings. The van der Waals surface area contributed by atoms with Gasteiger partial charge in [0, 0.05) is 17.1 Å². The number of carbonyl (C=O) groups is 2. The summed E-state index contributed by atoms with van der Waals surface area (Å²) in [6.45, 7) is 2.07. The number of esters is 1. The Balaban J connectivity index is 1.17. The fourth-order valence-electron chi connectivity index (χ4n) is 4.47. The second kappa shape index (κ2) is 9.30. The highest BCUT2D eigenvalue weighted by molar-refractivity contribution is 7.99. The van der Waals surface area contributed by atoms with E-state index in [-0.39, 0.29) is 18.1 Å². The number of rotatable bonds is 6. The summed E-state index contributed by atoms with van der Waals surface area (Å²) < 4.78 is 5.29. The summed E-state index contributed by atoms with van der Waals surface area (Å²) in [6, 6.07) is 7.78. The number of benzene rings is 1. The first-order chi connectivity index (χ1) is 16.0. The Hall–Kier alpha value is -2.65. The molecule has 0 unspecified atom stereocenters. The van der Waals surface area contributed by atoms with Crippen LogP contribution in [0.15, 0.2) is 29.1 Å². The van der Waals surface area contributed by atoms with Gasteiger partial charge in [0.25, 0.3) is 11.5 Å². The highest BCUT2D eigenvalue weighted by atomic mass is 32.2. The number of thiophene rings is 1. The van der Waals surface area contributed by atoms with E-state index in [4.69, 9.17) is 4.74 Å². The third kappa shape index (κ3) is 4.44. The molecule has 1 amide bonds. The van der Waals surface area contributed by atoms with E-state index in [1.54, 1.807) is 23.2 Å². The molecule has 3 heterocycles. The van der Waals surface area contributed by atoms with Crippen molar-refractivity contribution in [3.8, 4) is 0 Å². The van der Waals surface area contributed by atoms with Crippen LogP contribution in [0, 0.1) is 0 Å². The summed E-state index contributed by atoms with van der Waals surface area (Å²) >= 11 is 2.95. The van der Waals surface area contributed by atoms with Crippen molar-refractivity contribution in [3.63, 3.8) is 0 Å². The predicted molar refractivity (Wildman–Crippen MR) is 131 cm³/mol. The predicted octanol–water partition coefficient (Wildman–Crippen LogP) is 3.62. The van der Waals surface area contributed by atoms with E-state index in [9.17, 15) is 14.4 Å². The third-order valence-corrected chi connectivity index (χ3v) is 8.52. The fraction of sp³-hybridized carbons (Fsp3) is 0.417. The van der Waals surface area contributed by atoms with Crippen LogP contribution in [0.1, 0.15) is 41.6 Å². The molecular weight excluding hydrogens is 458 g/mol. The third-order valence-electron chi connectivity index (χ3n) is 6.20. The molecule has 172 valence electrons. The molecule has 0 bridgehead atoms. The first-order valence-electron chi connectivity index (χ1n) is 11.2. The van der Waals surface area contributed by atoms with Crippen LogP contribution in [0.2, 0.25) is 0 Å². The molecule has 1 aliphatic carbocycles. The Morgan fingerprint density at radius 3 is 2.94 bits per heavy atom. The van der Waals surface area contributed by atoms with Gasteiger partial charge in [-0.25, -0.2) is 4.98 Å². The average molecular weight is 484 g/mol. The smallest absolute Gasteiger partial charge is 0.319 e. The van der Waals surface area contributed by atoms with Gasteiger partial charge in [-0.1, -0.05) is 18.2 Å². The van der Waals surface area contributed by atoms with E-state index in [0.29, 0.717) is 18.1 Å². The fourth-order valence-corrected chi connectivity index (χ4v) is 6.50. The maximum absolute atomic E-state index is 12.7. The van der Waals surface area contributed by atoms with Crippen LogP contribution in [0.3, 0.4) is 0 Å². The van der Waals surface area contributed by atoms with Gasteiger partial charge in [0.05, 0.1) is 11.1 Å². The van der Waals surface area contributed by atoms with E-state index < -0.39 is 11.2 Å². The number of fused-ring (bicyclic) bond motifs is 4. The molecule has 33 heavy (non-hydrogen) atoms. The van der Waals surface area contributed by atoms with Gasteiger partial charge in [-0.2, -0.15) is 0 Å². The van der Waals surface area contributed by atoms with Gasteiger partial charge in [0.2, 0.25) is 0 Å². The first-order valence-corrected chi connectivity index (χ1v) is 13.1. The van der Waals surface area contributed by atoms with Crippen LogP contribution in [0.25, 0.3) is 10.2 Å². The van der Waals surface area contributed by atoms with Crippen LogP contribution in [-0.4, -0.2) is 40.2 Å². The zero-order valence-corrected chi connectivity index (χ0v) is 20.0. The quantitative estimate of drug-likeness (QED) is 0.539. The normalized spacial score (nSPS) is 15.8. The average Bonchev–Trinajstić information content (AvgIpc) is 3.42. The number of carbonyl (C=O) groups excluding carboxylic acids is 2. The van der Waals surface area contributed by atoms with Crippen molar-refractivity contribution < 1.29 is 14.3 Å². The number of para-hydroxylation sites is 1. The minimum Gasteiger partial charge on any atom is -0.455 e. The number of thioether (sulfide) groups is 1. The molecule has 5 rings (SSSR count). The lowest BCUT2D eigenvalue weighted by Gasteiger charge is -2.18. The molecule has 0 radical (unpaired) electrons. The zero-order valence-electron chi connectivity index (χ0n) is 18.4. The molecule has 1 aromatic carbocycles. The summed E-state index contributed by atoms with van der Waals surface area (Å²) in [4.78, 5) is 48.9. The van der Waals surface area contributed by atoms with E-state index in [1.165, 1.54) is 16.6 Å². The van der Waals surface area contributed by atoms with Crippen molar-refractivity contribution in [2.45, 2.75) is 50.0 Å². The second-order valence-electron chi connectivity index (χ2n) is 8.39. The van der Waals surface area contributed by atoms with E-state index >= 15 is 0 Å². The van der Waals surface area contributed by atoms with Gasteiger partial charge >= 0.3 is 5.97 Å². The van der Waals surface area contributed by atoms with Crippen LogP contribution in [0.4, 0.5) is 5.69 Å². The lowest BCUT2D eigenvalue weighted by molar-refractivity contribution is -0.146. The summed E-state index contributed by atoms with van der Waals surface area (Å²) in [5.41, 5.74) is 3.09. The van der Waals surface area contributed by atoms with Gasteiger partial charge < -0.3 is 14.6 Å². The highest BCUT2D eigenvalue weighted by Crippen LogP contribution is 2.34. The second-order valence-corrected chi connectivity index (χ2v) is 10.8. The van der Waals surface area contributed by atoms with Gasteiger partial charge in [-0.15, -0.1) is 23.1 Å². The molecule has 0 fully saturated rings. The minimum atomic E-state index is -0.485. The molecule has 1 atom stereocenters. The molecule has 2 aliphatic rings. The van der Waals surface area contributed by atoms with Crippen molar-refractivity contribution in [3.05, 3.63) is 56.4 Å². The molecule has 0 saturated heterocycles. The summed E-state index contributed by atoms with van der Waals surface area (Å²) in [5, 5.41) is 0.249. The summed E-state index contributed by atoms with van der Waals surface area (Å²) in [6.07, 6.45) is 5.04. The Morgan fingerprint density at radius 2 is 2.06 bits per heavy atom. The monoisotopic (exact) mass is 483 g/mol. The van der Waals surface area contributed by atoms with Gasteiger partial charge in [0.1, 0.15) is 15.9 Å².